The number of methoxy groups -OCH3 is 2. The molecule has 11 heteroatoms. The number of nitrogens with zero attached hydrogens (tertiary/aromatic N) is 2. The van der Waals surface area contributed by atoms with E-state index in [9.17, 15) is 9.59 Å². The van der Waals surface area contributed by atoms with Gasteiger partial charge in [-0.05, 0) is 49.2 Å². The molecular formula is C24H26N4O6S. The minimum atomic E-state index is -0.393. The minimum Gasteiger partial charge on any atom is -0.493 e. The summed E-state index contributed by atoms with van der Waals surface area (Å²) in [6.07, 6.45) is 2.07. The molecule has 0 bridgehead atoms. The van der Waals surface area contributed by atoms with E-state index < -0.39 is 5.91 Å². The minimum absolute atomic E-state index is 0.0822. The molecule has 1 aliphatic rings. The molecule has 10 nitrogen and oxygen atoms in total. The molecule has 1 saturated heterocycles. The van der Waals surface area contributed by atoms with E-state index in [-0.39, 0.29) is 23.6 Å². The monoisotopic (exact) mass is 498 g/mol. The Bertz CT molecular complexity index is 1160. The normalized spacial score (nSPS) is 14.9. The zero-order chi connectivity index (χ0) is 24.6. The summed E-state index contributed by atoms with van der Waals surface area (Å²) in [5.74, 6) is 1.15. The van der Waals surface area contributed by atoms with E-state index in [0.717, 1.165) is 30.8 Å². The van der Waals surface area contributed by atoms with Crippen molar-refractivity contribution in [2.45, 2.75) is 25.6 Å². The van der Waals surface area contributed by atoms with E-state index in [1.54, 1.807) is 56.7 Å². The molecule has 35 heavy (non-hydrogen) atoms. The topological polar surface area (TPSA) is 121 Å². The Morgan fingerprint density at radius 1 is 1.06 bits per heavy atom. The van der Waals surface area contributed by atoms with Gasteiger partial charge in [0.2, 0.25) is 5.01 Å². The van der Waals surface area contributed by atoms with E-state index in [0.29, 0.717) is 40.1 Å². The van der Waals surface area contributed by atoms with Crippen LogP contribution < -0.4 is 24.8 Å². The fraction of sp³-hybridized carbons (Fsp3) is 0.333. The van der Waals surface area contributed by atoms with Gasteiger partial charge in [0, 0.05) is 30.5 Å². The van der Waals surface area contributed by atoms with Crippen molar-refractivity contribution in [3.8, 4) is 17.2 Å². The number of anilines is 1. The second kappa shape index (κ2) is 11.6. The fourth-order valence-corrected chi connectivity index (χ4v) is 4.11. The van der Waals surface area contributed by atoms with Crippen molar-refractivity contribution >= 4 is 28.8 Å². The zero-order valence-corrected chi connectivity index (χ0v) is 20.2. The molecule has 1 aliphatic heterocycles. The first-order chi connectivity index (χ1) is 17.1. The number of rotatable bonds is 10. The standard InChI is InChI=1S/C24H26N4O6S/c1-31-19-10-9-17(12-20(19)32-2)34-14-21-27-28-24(35-21)23(30)26-16-7-5-15(6-8-16)22(29)25-13-18-4-3-11-33-18/h5-10,12,18H,3-4,11,13-14H2,1-2H3,(H,25,29)(H,26,30)/t18-/m1/s1. The molecule has 1 aromatic heterocycles. The highest BCUT2D eigenvalue weighted by Gasteiger charge is 2.17. The van der Waals surface area contributed by atoms with Crippen molar-refractivity contribution in [3.05, 3.63) is 58.0 Å². The van der Waals surface area contributed by atoms with Crippen LogP contribution >= 0.6 is 11.3 Å². The summed E-state index contributed by atoms with van der Waals surface area (Å²) in [5.41, 5.74) is 1.05. The number of hydrogen-bond acceptors (Lipinski definition) is 9. The average molecular weight is 499 g/mol. The van der Waals surface area contributed by atoms with Gasteiger partial charge in [-0.25, -0.2) is 0 Å². The predicted octanol–water partition coefficient (Wildman–Crippen LogP) is 3.30. The van der Waals surface area contributed by atoms with E-state index in [2.05, 4.69) is 20.8 Å². The van der Waals surface area contributed by atoms with Gasteiger partial charge in [0.1, 0.15) is 12.4 Å². The Hall–Kier alpha value is -3.70. The maximum atomic E-state index is 12.6. The number of carbonyl (C=O) groups excluding carboxylic acids is 2. The molecule has 1 atom stereocenters. The van der Waals surface area contributed by atoms with Crippen LogP contribution in [-0.4, -0.2) is 55.5 Å². The van der Waals surface area contributed by atoms with E-state index in [1.165, 1.54) is 0 Å². The van der Waals surface area contributed by atoms with Crippen LogP contribution in [0.25, 0.3) is 0 Å². The number of benzene rings is 2. The summed E-state index contributed by atoms with van der Waals surface area (Å²) < 4.78 is 21.7. The summed E-state index contributed by atoms with van der Waals surface area (Å²) in [4.78, 5) is 24.9. The van der Waals surface area contributed by atoms with Crippen LogP contribution in [0, 0.1) is 0 Å². The summed E-state index contributed by atoms with van der Waals surface area (Å²) in [6, 6.07) is 11.8. The summed E-state index contributed by atoms with van der Waals surface area (Å²) >= 11 is 1.13. The van der Waals surface area contributed by atoms with Crippen molar-refractivity contribution in [1.82, 2.24) is 15.5 Å². The molecule has 0 spiro atoms. The van der Waals surface area contributed by atoms with Crippen LogP contribution in [-0.2, 0) is 11.3 Å². The number of ether oxygens (including phenoxy) is 4. The van der Waals surface area contributed by atoms with Crippen molar-refractivity contribution < 1.29 is 28.5 Å². The molecule has 1 fully saturated rings. The van der Waals surface area contributed by atoms with Crippen LogP contribution in [0.5, 0.6) is 17.2 Å². The van der Waals surface area contributed by atoms with Gasteiger partial charge in [-0.1, -0.05) is 11.3 Å². The highest BCUT2D eigenvalue weighted by molar-refractivity contribution is 7.13. The quantitative estimate of drug-likeness (QED) is 0.437. The number of carbonyl (C=O) groups is 2. The maximum Gasteiger partial charge on any atom is 0.286 e. The SMILES string of the molecule is COc1ccc(OCc2nnc(C(=O)Nc3ccc(C(=O)NC[C@H]4CCCO4)cc3)s2)cc1OC. The van der Waals surface area contributed by atoms with Gasteiger partial charge in [-0.15, -0.1) is 10.2 Å². The zero-order valence-electron chi connectivity index (χ0n) is 19.4. The van der Waals surface area contributed by atoms with Gasteiger partial charge in [0.05, 0.1) is 20.3 Å². The number of amides is 2. The highest BCUT2D eigenvalue weighted by Crippen LogP contribution is 2.31. The van der Waals surface area contributed by atoms with Gasteiger partial charge in [-0.2, -0.15) is 0 Å². The summed E-state index contributed by atoms with van der Waals surface area (Å²) in [6.45, 7) is 1.39. The Morgan fingerprint density at radius 2 is 1.86 bits per heavy atom. The first-order valence-electron chi connectivity index (χ1n) is 11.0. The molecule has 0 saturated carbocycles. The molecule has 2 N–H and O–H groups in total. The molecule has 4 rings (SSSR count). The molecule has 0 unspecified atom stereocenters. The summed E-state index contributed by atoms with van der Waals surface area (Å²) in [5, 5.41) is 14.4. The Morgan fingerprint density at radius 3 is 2.57 bits per heavy atom. The smallest absolute Gasteiger partial charge is 0.286 e. The molecule has 2 heterocycles. The Labute approximate surface area is 206 Å². The van der Waals surface area contributed by atoms with Crippen molar-refractivity contribution in [3.63, 3.8) is 0 Å². The van der Waals surface area contributed by atoms with Crippen LogP contribution in [0.15, 0.2) is 42.5 Å². The number of hydrogen-bond donors (Lipinski definition) is 2. The summed E-state index contributed by atoms with van der Waals surface area (Å²) in [7, 11) is 3.11. The molecule has 2 aromatic carbocycles. The molecule has 0 radical (unpaired) electrons. The van der Waals surface area contributed by atoms with Gasteiger partial charge >= 0.3 is 0 Å². The molecule has 2 amide bonds. The van der Waals surface area contributed by atoms with Gasteiger partial charge < -0.3 is 29.6 Å². The lowest BCUT2D eigenvalue weighted by Crippen LogP contribution is -2.31. The van der Waals surface area contributed by atoms with E-state index >= 15 is 0 Å². The third-order valence-corrected chi connectivity index (χ3v) is 6.19. The first-order valence-corrected chi connectivity index (χ1v) is 11.9. The molecule has 3 aromatic rings. The van der Waals surface area contributed by atoms with Crippen LogP contribution in [0.3, 0.4) is 0 Å². The van der Waals surface area contributed by atoms with E-state index in [1.807, 2.05) is 0 Å². The first kappa shape index (κ1) is 24.4. The Balaban J connectivity index is 1.28. The van der Waals surface area contributed by atoms with Crippen molar-refractivity contribution in [2.24, 2.45) is 0 Å². The van der Waals surface area contributed by atoms with E-state index in [4.69, 9.17) is 18.9 Å². The number of aromatic nitrogens is 2. The lowest BCUT2D eigenvalue weighted by atomic mass is 10.2. The maximum absolute atomic E-state index is 12.6. The lowest BCUT2D eigenvalue weighted by Gasteiger charge is -2.11. The van der Waals surface area contributed by atoms with Crippen LogP contribution in [0.1, 0.15) is 38.0 Å². The highest BCUT2D eigenvalue weighted by atomic mass is 32.1. The van der Waals surface area contributed by atoms with Gasteiger partial charge in [0.15, 0.2) is 16.5 Å². The van der Waals surface area contributed by atoms with Gasteiger partial charge in [-0.3, -0.25) is 9.59 Å². The van der Waals surface area contributed by atoms with Crippen molar-refractivity contribution in [1.29, 1.82) is 0 Å². The third-order valence-electron chi connectivity index (χ3n) is 5.30. The molecule has 0 aliphatic carbocycles. The number of nitrogens with one attached hydrogen (secondary N) is 2. The lowest BCUT2D eigenvalue weighted by molar-refractivity contribution is 0.0857. The molecule has 184 valence electrons. The average Bonchev–Trinajstić information content (AvgIpc) is 3.59. The molecular weight excluding hydrogens is 472 g/mol. The van der Waals surface area contributed by atoms with Crippen LogP contribution in [0.2, 0.25) is 0 Å². The van der Waals surface area contributed by atoms with Gasteiger partial charge in [0.25, 0.3) is 11.8 Å². The fourth-order valence-electron chi connectivity index (χ4n) is 3.46. The van der Waals surface area contributed by atoms with Crippen molar-refractivity contribution in [2.75, 3.05) is 32.7 Å². The largest absolute Gasteiger partial charge is 0.493 e. The predicted molar refractivity (Wildman–Crippen MR) is 129 cm³/mol. The Kier molecular flexibility index (Phi) is 8.11. The second-order valence-corrected chi connectivity index (χ2v) is 8.75. The second-order valence-electron chi connectivity index (χ2n) is 7.68. The van der Waals surface area contributed by atoms with Crippen LogP contribution in [0.4, 0.5) is 5.69 Å². The third kappa shape index (κ3) is 6.46.